The van der Waals surface area contributed by atoms with Gasteiger partial charge in [0.25, 0.3) is 0 Å². The van der Waals surface area contributed by atoms with E-state index in [4.69, 9.17) is 11.6 Å². The standard InChI is InChI=1S/C9H16ClN3/c1-13(2)4-3-11-7-9-5-8(10)6-12-9/h5-6,11-12H,3-4,7H2,1-2H3. The van der Waals surface area contributed by atoms with Crippen LogP contribution >= 0.6 is 11.6 Å². The molecule has 2 N–H and O–H groups in total. The number of H-pyrrole nitrogens is 1. The molecule has 0 saturated heterocycles. The van der Waals surface area contributed by atoms with Crippen LogP contribution in [0.5, 0.6) is 0 Å². The number of likely N-dealkylation sites (N-methyl/N-ethyl adjacent to an activating group) is 1. The second kappa shape index (κ2) is 5.27. The summed E-state index contributed by atoms with van der Waals surface area (Å²) in [6.07, 6.45) is 1.80. The Morgan fingerprint density at radius 3 is 2.85 bits per heavy atom. The zero-order valence-corrected chi connectivity index (χ0v) is 8.86. The fraction of sp³-hybridized carbons (Fsp3) is 0.556. The van der Waals surface area contributed by atoms with Gasteiger partial charge < -0.3 is 15.2 Å². The molecule has 3 nitrogen and oxygen atoms in total. The Kier molecular flexibility index (Phi) is 4.28. The molecule has 74 valence electrons. The molecule has 0 saturated carbocycles. The van der Waals surface area contributed by atoms with Gasteiger partial charge in [-0.15, -0.1) is 0 Å². The van der Waals surface area contributed by atoms with Gasteiger partial charge >= 0.3 is 0 Å². The number of halogens is 1. The predicted octanol–water partition coefficient (Wildman–Crippen LogP) is 1.32. The lowest BCUT2D eigenvalue weighted by atomic mass is 10.4. The average Bonchev–Trinajstić information content (AvgIpc) is 2.45. The van der Waals surface area contributed by atoms with Crippen LogP contribution in [0.15, 0.2) is 12.3 Å². The number of hydrogen-bond acceptors (Lipinski definition) is 2. The second-order valence-corrected chi connectivity index (χ2v) is 3.76. The van der Waals surface area contributed by atoms with Crippen molar-refractivity contribution in [3.63, 3.8) is 0 Å². The van der Waals surface area contributed by atoms with Crippen LogP contribution in [0, 0.1) is 0 Å². The molecule has 0 bridgehead atoms. The lowest BCUT2D eigenvalue weighted by Crippen LogP contribution is -2.26. The van der Waals surface area contributed by atoms with Gasteiger partial charge in [-0.2, -0.15) is 0 Å². The SMILES string of the molecule is CN(C)CCNCc1cc(Cl)c[nH]1. The highest BCUT2D eigenvalue weighted by atomic mass is 35.5. The third-order valence-electron chi connectivity index (χ3n) is 1.76. The first-order chi connectivity index (χ1) is 6.18. The molecule has 1 rings (SSSR count). The summed E-state index contributed by atoms with van der Waals surface area (Å²) in [5, 5.41) is 4.08. The Labute approximate surface area is 84.1 Å². The van der Waals surface area contributed by atoms with Crippen molar-refractivity contribution in [2.45, 2.75) is 6.54 Å². The predicted molar refractivity (Wildman–Crippen MR) is 56.1 cm³/mol. The minimum absolute atomic E-state index is 0.768. The van der Waals surface area contributed by atoms with E-state index in [1.165, 1.54) is 0 Å². The van der Waals surface area contributed by atoms with E-state index in [1.807, 2.05) is 6.07 Å². The third kappa shape index (κ3) is 4.31. The van der Waals surface area contributed by atoms with E-state index < -0.39 is 0 Å². The van der Waals surface area contributed by atoms with Crippen molar-refractivity contribution in [2.75, 3.05) is 27.2 Å². The van der Waals surface area contributed by atoms with Crippen LogP contribution in [0.1, 0.15) is 5.69 Å². The van der Waals surface area contributed by atoms with Gasteiger partial charge in [-0.1, -0.05) is 11.6 Å². The van der Waals surface area contributed by atoms with Gasteiger partial charge in [0.05, 0.1) is 5.02 Å². The van der Waals surface area contributed by atoms with Crippen molar-refractivity contribution in [1.29, 1.82) is 0 Å². The molecule has 0 radical (unpaired) electrons. The van der Waals surface area contributed by atoms with E-state index in [1.54, 1.807) is 6.20 Å². The lowest BCUT2D eigenvalue weighted by Gasteiger charge is -2.09. The zero-order valence-electron chi connectivity index (χ0n) is 8.10. The van der Waals surface area contributed by atoms with Crippen molar-refractivity contribution in [2.24, 2.45) is 0 Å². The van der Waals surface area contributed by atoms with Crippen LogP contribution in [0.4, 0.5) is 0 Å². The Hall–Kier alpha value is -0.510. The maximum Gasteiger partial charge on any atom is 0.0583 e. The molecule has 13 heavy (non-hydrogen) atoms. The monoisotopic (exact) mass is 201 g/mol. The molecule has 0 aliphatic carbocycles. The molecule has 0 spiro atoms. The Balaban J connectivity index is 2.13. The highest BCUT2D eigenvalue weighted by Crippen LogP contribution is 2.08. The molecule has 0 unspecified atom stereocenters. The molecular formula is C9H16ClN3. The third-order valence-corrected chi connectivity index (χ3v) is 1.98. The number of nitrogens with one attached hydrogen (secondary N) is 2. The van der Waals surface area contributed by atoms with Crippen LogP contribution in [0.25, 0.3) is 0 Å². The summed E-state index contributed by atoms with van der Waals surface area (Å²) in [7, 11) is 4.13. The molecule has 0 aliphatic heterocycles. The largest absolute Gasteiger partial charge is 0.363 e. The fourth-order valence-corrected chi connectivity index (χ4v) is 1.23. The first kappa shape index (κ1) is 10.6. The van der Waals surface area contributed by atoms with E-state index in [0.717, 1.165) is 30.4 Å². The van der Waals surface area contributed by atoms with E-state index in [2.05, 4.69) is 29.3 Å². The fourth-order valence-electron chi connectivity index (χ4n) is 1.04. The normalized spacial score (nSPS) is 11.1. The van der Waals surface area contributed by atoms with Crippen molar-refractivity contribution in [3.05, 3.63) is 23.0 Å². The highest BCUT2D eigenvalue weighted by molar-refractivity contribution is 6.30. The number of nitrogens with zero attached hydrogens (tertiary/aromatic N) is 1. The van der Waals surface area contributed by atoms with Crippen molar-refractivity contribution < 1.29 is 0 Å². The maximum atomic E-state index is 5.76. The van der Waals surface area contributed by atoms with E-state index >= 15 is 0 Å². The summed E-state index contributed by atoms with van der Waals surface area (Å²) in [5.74, 6) is 0. The van der Waals surface area contributed by atoms with Gasteiger partial charge in [-0.25, -0.2) is 0 Å². The quantitative estimate of drug-likeness (QED) is 0.705. The molecule has 0 atom stereocenters. The summed E-state index contributed by atoms with van der Waals surface area (Å²) in [4.78, 5) is 5.23. The summed E-state index contributed by atoms with van der Waals surface area (Å²) >= 11 is 5.76. The van der Waals surface area contributed by atoms with E-state index in [9.17, 15) is 0 Å². The van der Waals surface area contributed by atoms with E-state index in [0.29, 0.717) is 0 Å². The van der Waals surface area contributed by atoms with Crippen molar-refractivity contribution in [3.8, 4) is 0 Å². The smallest absolute Gasteiger partial charge is 0.0583 e. The Morgan fingerprint density at radius 1 is 1.54 bits per heavy atom. The number of aromatic nitrogens is 1. The van der Waals surface area contributed by atoms with Gasteiger partial charge in [-0.3, -0.25) is 0 Å². The maximum absolute atomic E-state index is 5.76. The molecule has 4 heteroatoms. The highest BCUT2D eigenvalue weighted by Gasteiger charge is 1.95. The molecule has 1 aromatic heterocycles. The van der Waals surface area contributed by atoms with Gasteiger partial charge in [0, 0.05) is 31.5 Å². The zero-order chi connectivity index (χ0) is 9.68. The number of rotatable bonds is 5. The van der Waals surface area contributed by atoms with Crippen LogP contribution < -0.4 is 5.32 Å². The number of hydrogen-bond donors (Lipinski definition) is 2. The van der Waals surface area contributed by atoms with Gasteiger partial charge in [0.15, 0.2) is 0 Å². The molecule has 1 heterocycles. The molecule has 0 amide bonds. The average molecular weight is 202 g/mol. The molecular weight excluding hydrogens is 186 g/mol. The first-order valence-electron chi connectivity index (χ1n) is 4.36. The summed E-state index contributed by atoms with van der Waals surface area (Å²) in [6, 6.07) is 1.93. The van der Waals surface area contributed by atoms with Crippen LogP contribution in [-0.2, 0) is 6.54 Å². The van der Waals surface area contributed by atoms with Crippen molar-refractivity contribution >= 4 is 11.6 Å². The van der Waals surface area contributed by atoms with Crippen LogP contribution in [0.2, 0.25) is 5.02 Å². The second-order valence-electron chi connectivity index (χ2n) is 3.32. The molecule has 0 aromatic carbocycles. The first-order valence-corrected chi connectivity index (χ1v) is 4.74. The minimum Gasteiger partial charge on any atom is -0.363 e. The lowest BCUT2D eigenvalue weighted by molar-refractivity contribution is 0.399. The van der Waals surface area contributed by atoms with E-state index in [-0.39, 0.29) is 0 Å². The van der Waals surface area contributed by atoms with Gasteiger partial charge in [-0.05, 0) is 20.2 Å². The van der Waals surface area contributed by atoms with Gasteiger partial charge in [0.2, 0.25) is 0 Å². The minimum atomic E-state index is 0.768. The molecule has 0 fully saturated rings. The summed E-state index contributed by atoms with van der Waals surface area (Å²) in [5.41, 5.74) is 1.13. The summed E-state index contributed by atoms with van der Waals surface area (Å²) < 4.78 is 0. The molecule has 0 aliphatic rings. The van der Waals surface area contributed by atoms with Crippen LogP contribution in [0.3, 0.4) is 0 Å². The number of aromatic amines is 1. The van der Waals surface area contributed by atoms with Crippen LogP contribution in [-0.4, -0.2) is 37.1 Å². The Bertz CT molecular complexity index is 245. The summed E-state index contributed by atoms with van der Waals surface area (Å²) in [6.45, 7) is 2.89. The van der Waals surface area contributed by atoms with Crippen molar-refractivity contribution in [1.82, 2.24) is 15.2 Å². The van der Waals surface area contributed by atoms with Gasteiger partial charge in [0.1, 0.15) is 0 Å². The molecule has 1 aromatic rings. The Morgan fingerprint density at radius 2 is 2.31 bits per heavy atom. The topological polar surface area (TPSA) is 31.1 Å².